The second kappa shape index (κ2) is 7.82. The predicted octanol–water partition coefficient (Wildman–Crippen LogP) is -1.05. The summed E-state index contributed by atoms with van der Waals surface area (Å²) in [4.78, 5) is 3.22. The smallest absolute Gasteiger partial charge is 0.231 e. The summed E-state index contributed by atoms with van der Waals surface area (Å²) >= 11 is 0. The van der Waals surface area contributed by atoms with Gasteiger partial charge in [0, 0.05) is 6.42 Å². The second-order valence-electron chi connectivity index (χ2n) is 8.18. The largest absolute Gasteiger partial charge is 0.454 e. The third kappa shape index (κ3) is 4.06. The third-order valence-corrected chi connectivity index (χ3v) is 5.59. The van der Waals surface area contributed by atoms with Gasteiger partial charge in [0.15, 0.2) is 17.5 Å². The summed E-state index contributed by atoms with van der Waals surface area (Å²) in [6, 6.07) is 6.38. The monoisotopic (exact) mass is 374 g/mol. The lowest BCUT2D eigenvalue weighted by Crippen LogP contribution is -3.27. The SMILES string of the molecule is CC(C)C[C@@H](c1nnnn1Cc1ccc2c(c1)OCO2)[NH+]1CC[NH+](C)CC1. The van der Waals surface area contributed by atoms with E-state index in [0.29, 0.717) is 25.3 Å². The van der Waals surface area contributed by atoms with Crippen molar-refractivity contribution in [2.24, 2.45) is 5.92 Å². The molecule has 2 N–H and O–H groups in total. The number of aromatic nitrogens is 4. The molecular weight excluding hydrogens is 344 g/mol. The van der Waals surface area contributed by atoms with E-state index in [4.69, 9.17) is 9.47 Å². The van der Waals surface area contributed by atoms with Gasteiger partial charge in [-0.15, -0.1) is 5.10 Å². The highest BCUT2D eigenvalue weighted by atomic mass is 16.7. The standard InChI is InChI=1S/C19H28N6O2/c1-14(2)10-16(24-8-6-23(3)7-9-24)19-20-21-22-25(19)12-15-4-5-17-18(11-15)27-13-26-17/h4-5,11,14,16H,6-10,12-13H2,1-3H3/p+2/t16-/m0/s1. The Morgan fingerprint density at radius 1 is 1.11 bits per heavy atom. The van der Waals surface area contributed by atoms with Gasteiger partial charge in [0.05, 0.1) is 13.6 Å². The molecule has 2 aliphatic heterocycles. The van der Waals surface area contributed by atoms with Gasteiger partial charge in [-0.3, -0.25) is 0 Å². The van der Waals surface area contributed by atoms with Crippen LogP contribution in [0, 0.1) is 5.92 Å². The zero-order valence-electron chi connectivity index (χ0n) is 16.4. The zero-order valence-corrected chi connectivity index (χ0v) is 16.4. The van der Waals surface area contributed by atoms with Gasteiger partial charge in [0.1, 0.15) is 26.2 Å². The number of benzene rings is 1. The molecule has 146 valence electrons. The van der Waals surface area contributed by atoms with Crippen molar-refractivity contribution in [3.05, 3.63) is 29.6 Å². The van der Waals surface area contributed by atoms with Crippen molar-refractivity contribution in [1.29, 1.82) is 0 Å². The Hall–Kier alpha value is -2.19. The van der Waals surface area contributed by atoms with E-state index >= 15 is 0 Å². The summed E-state index contributed by atoms with van der Waals surface area (Å²) in [5, 5.41) is 12.8. The van der Waals surface area contributed by atoms with E-state index < -0.39 is 0 Å². The van der Waals surface area contributed by atoms with Crippen LogP contribution in [0.1, 0.15) is 37.7 Å². The van der Waals surface area contributed by atoms with Crippen LogP contribution in [0.3, 0.4) is 0 Å². The van der Waals surface area contributed by atoms with Gasteiger partial charge in [-0.2, -0.15) is 0 Å². The van der Waals surface area contributed by atoms with Gasteiger partial charge >= 0.3 is 0 Å². The van der Waals surface area contributed by atoms with Crippen LogP contribution in [0.15, 0.2) is 18.2 Å². The summed E-state index contributed by atoms with van der Waals surface area (Å²) in [7, 11) is 2.28. The Morgan fingerprint density at radius 2 is 1.89 bits per heavy atom. The molecule has 0 bridgehead atoms. The first kappa shape index (κ1) is 18.2. The molecular formula is C19H30N6O2+2. The molecule has 0 amide bonds. The topological polar surface area (TPSA) is 70.9 Å². The fourth-order valence-electron chi connectivity index (χ4n) is 4.06. The second-order valence-corrected chi connectivity index (χ2v) is 8.18. The van der Waals surface area contributed by atoms with Gasteiger partial charge in [-0.05, 0) is 34.0 Å². The van der Waals surface area contributed by atoms with Crippen LogP contribution in [0.5, 0.6) is 11.5 Å². The highest BCUT2D eigenvalue weighted by molar-refractivity contribution is 5.44. The number of hydrogen-bond acceptors (Lipinski definition) is 5. The quantitative estimate of drug-likeness (QED) is 0.675. The molecule has 0 radical (unpaired) electrons. The lowest BCUT2D eigenvalue weighted by atomic mass is 10.0. The summed E-state index contributed by atoms with van der Waals surface area (Å²) < 4.78 is 12.9. The number of likely N-dealkylation sites (N-methyl/N-ethyl adjacent to an activating group) is 1. The van der Waals surface area contributed by atoms with Gasteiger partial charge in [0.25, 0.3) is 0 Å². The first-order valence-corrected chi connectivity index (χ1v) is 9.90. The normalized spacial score (nSPS) is 23.0. The van der Waals surface area contributed by atoms with Crippen LogP contribution in [-0.4, -0.2) is 60.2 Å². The molecule has 0 aliphatic carbocycles. The van der Waals surface area contributed by atoms with E-state index in [-0.39, 0.29) is 0 Å². The maximum atomic E-state index is 5.50. The highest BCUT2D eigenvalue weighted by Crippen LogP contribution is 2.32. The lowest BCUT2D eigenvalue weighted by Gasteiger charge is -2.33. The van der Waals surface area contributed by atoms with E-state index in [1.54, 1.807) is 9.80 Å². The van der Waals surface area contributed by atoms with Crippen LogP contribution in [0.4, 0.5) is 0 Å². The number of fused-ring (bicyclic) bond motifs is 1. The number of ether oxygens (including phenoxy) is 2. The molecule has 0 unspecified atom stereocenters. The average Bonchev–Trinajstić information content (AvgIpc) is 3.29. The molecule has 1 aromatic heterocycles. The Labute approximate surface area is 160 Å². The van der Waals surface area contributed by atoms with Crippen LogP contribution in [-0.2, 0) is 6.54 Å². The maximum absolute atomic E-state index is 5.50. The van der Waals surface area contributed by atoms with Crippen LogP contribution < -0.4 is 19.3 Å². The fraction of sp³-hybridized carbons (Fsp3) is 0.632. The first-order chi connectivity index (χ1) is 13.1. The Bertz CT molecular complexity index is 769. The number of quaternary nitrogens is 2. The number of nitrogens with zero attached hydrogens (tertiary/aromatic N) is 4. The van der Waals surface area contributed by atoms with E-state index in [2.05, 4.69) is 42.5 Å². The molecule has 8 heteroatoms. The minimum absolute atomic E-state index is 0.292. The molecule has 0 spiro atoms. The van der Waals surface area contributed by atoms with E-state index in [1.807, 2.05) is 16.8 Å². The Morgan fingerprint density at radius 3 is 2.67 bits per heavy atom. The van der Waals surface area contributed by atoms with E-state index in [9.17, 15) is 0 Å². The maximum Gasteiger partial charge on any atom is 0.231 e. The van der Waals surface area contributed by atoms with E-state index in [0.717, 1.165) is 29.3 Å². The van der Waals surface area contributed by atoms with Crippen LogP contribution in [0.2, 0.25) is 0 Å². The predicted molar refractivity (Wildman–Crippen MR) is 99.0 cm³/mol. The highest BCUT2D eigenvalue weighted by Gasteiger charge is 2.33. The molecule has 2 aliphatic rings. The molecule has 4 rings (SSSR count). The average molecular weight is 374 g/mol. The van der Waals surface area contributed by atoms with Crippen molar-refractivity contribution in [3.63, 3.8) is 0 Å². The summed E-state index contributed by atoms with van der Waals surface area (Å²) in [6.07, 6.45) is 1.09. The minimum Gasteiger partial charge on any atom is -0.454 e. The van der Waals surface area contributed by atoms with Crippen molar-refractivity contribution in [3.8, 4) is 11.5 Å². The number of rotatable bonds is 6. The number of hydrogen-bond donors (Lipinski definition) is 2. The fourth-order valence-corrected chi connectivity index (χ4v) is 4.06. The van der Waals surface area contributed by atoms with Gasteiger partial charge in [-0.1, -0.05) is 19.9 Å². The number of tetrazole rings is 1. The van der Waals surface area contributed by atoms with Crippen molar-refractivity contribution in [2.75, 3.05) is 40.0 Å². The minimum atomic E-state index is 0.292. The Balaban J connectivity index is 1.56. The molecule has 1 atom stereocenters. The van der Waals surface area contributed by atoms with Crippen molar-refractivity contribution < 1.29 is 19.3 Å². The number of nitrogens with one attached hydrogen (secondary N) is 2. The molecule has 3 heterocycles. The molecule has 2 aromatic rings. The molecule has 1 aromatic carbocycles. The lowest BCUT2D eigenvalue weighted by molar-refractivity contribution is -1.02. The Kier molecular flexibility index (Phi) is 5.27. The zero-order chi connectivity index (χ0) is 18.8. The molecule has 27 heavy (non-hydrogen) atoms. The van der Waals surface area contributed by atoms with Crippen molar-refractivity contribution >= 4 is 0 Å². The molecule has 1 fully saturated rings. The summed E-state index contributed by atoms with van der Waals surface area (Å²) in [6.45, 7) is 10.2. The van der Waals surface area contributed by atoms with E-state index in [1.165, 1.54) is 26.2 Å². The van der Waals surface area contributed by atoms with Gasteiger partial charge < -0.3 is 19.3 Å². The first-order valence-electron chi connectivity index (χ1n) is 9.90. The van der Waals surface area contributed by atoms with Crippen molar-refractivity contribution in [2.45, 2.75) is 32.9 Å². The van der Waals surface area contributed by atoms with Gasteiger partial charge in [-0.25, -0.2) is 4.68 Å². The third-order valence-electron chi connectivity index (χ3n) is 5.59. The van der Waals surface area contributed by atoms with Crippen molar-refractivity contribution in [1.82, 2.24) is 20.2 Å². The molecule has 1 saturated heterocycles. The van der Waals surface area contributed by atoms with Crippen LogP contribution >= 0.6 is 0 Å². The van der Waals surface area contributed by atoms with Gasteiger partial charge in [0.2, 0.25) is 12.6 Å². The molecule has 0 saturated carbocycles. The van der Waals surface area contributed by atoms with Crippen LogP contribution in [0.25, 0.3) is 0 Å². The summed E-state index contributed by atoms with van der Waals surface area (Å²) in [5.74, 6) is 3.20. The summed E-state index contributed by atoms with van der Waals surface area (Å²) in [5.41, 5.74) is 1.12. The molecule has 8 nitrogen and oxygen atoms in total. The number of piperazine rings is 1.